The first-order valence-corrected chi connectivity index (χ1v) is 5.66. The van der Waals surface area contributed by atoms with Crippen LogP contribution >= 0.6 is 0 Å². The fourth-order valence-corrected chi connectivity index (χ4v) is 1.67. The van der Waals surface area contributed by atoms with E-state index < -0.39 is 0 Å². The Morgan fingerprint density at radius 3 is 2.56 bits per heavy atom. The number of aliphatic hydroxyl groups is 2. The lowest BCUT2D eigenvalue weighted by Gasteiger charge is -2.21. The standard InChI is InChI=1S/C12H15N3O3/c16-4-2-15(3-5-17)12-7-11(13-9-14-12)10-1-6-18-8-10/h1,6-9,16-17H,2-5H2. The van der Waals surface area contributed by atoms with E-state index in [1.165, 1.54) is 6.33 Å². The van der Waals surface area contributed by atoms with Gasteiger partial charge in [-0.05, 0) is 6.07 Å². The first-order valence-electron chi connectivity index (χ1n) is 5.66. The van der Waals surface area contributed by atoms with Crippen molar-refractivity contribution >= 4 is 5.82 Å². The molecule has 0 saturated heterocycles. The molecule has 0 bridgehead atoms. The zero-order valence-electron chi connectivity index (χ0n) is 9.86. The van der Waals surface area contributed by atoms with Crippen LogP contribution in [0.1, 0.15) is 0 Å². The van der Waals surface area contributed by atoms with Gasteiger partial charge in [0, 0.05) is 24.7 Å². The number of rotatable bonds is 6. The van der Waals surface area contributed by atoms with Crippen LogP contribution in [0.4, 0.5) is 5.82 Å². The normalized spacial score (nSPS) is 10.6. The van der Waals surface area contributed by atoms with Crippen molar-refractivity contribution in [3.8, 4) is 11.3 Å². The Bertz CT molecular complexity index is 467. The van der Waals surface area contributed by atoms with Crippen LogP contribution in [-0.2, 0) is 0 Å². The molecular formula is C12H15N3O3. The monoisotopic (exact) mass is 249 g/mol. The van der Waals surface area contributed by atoms with Crippen LogP contribution in [0.3, 0.4) is 0 Å². The minimum Gasteiger partial charge on any atom is -0.472 e. The van der Waals surface area contributed by atoms with E-state index in [-0.39, 0.29) is 13.2 Å². The summed E-state index contributed by atoms with van der Waals surface area (Å²) >= 11 is 0. The van der Waals surface area contributed by atoms with Crippen LogP contribution in [-0.4, -0.2) is 46.5 Å². The van der Waals surface area contributed by atoms with Crippen molar-refractivity contribution in [2.45, 2.75) is 0 Å². The van der Waals surface area contributed by atoms with Gasteiger partial charge in [-0.1, -0.05) is 0 Å². The Morgan fingerprint density at radius 2 is 1.94 bits per heavy atom. The fraction of sp³-hybridized carbons (Fsp3) is 0.333. The first kappa shape index (κ1) is 12.5. The Hall–Kier alpha value is -1.92. The molecule has 0 unspecified atom stereocenters. The molecule has 0 amide bonds. The summed E-state index contributed by atoms with van der Waals surface area (Å²) in [7, 11) is 0. The van der Waals surface area contributed by atoms with E-state index in [0.29, 0.717) is 18.9 Å². The highest BCUT2D eigenvalue weighted by Gasteiger charge is 2.09. The smallest absolute Gasteiger partial charge is 0.132 e. The summed E-state index contributed by atoms with van der Waals surface area (Å²) in [5.41, 5.74) is 1.61. The number of aliphatic hydroxyl groups excluding tert-OH is 2. The Morgan fingerprint density at radius 1 is 1.17 bits per heavy atom. The van der Waals surface area contributed by atoms with Crippen LogP contribution in [0.25, 0.3) is 11.3 Å². The van der Waals surface area contributed by atoms with E-state index in [0.717, 1.165) is 11.3 Å². The maximum atomic E-state index is 9.00. The van der Waals surface area contributed by atoms with Gasteiger partial charge in [0.15, 0.2) is 0 Å². The molecular weight excluding hydrogens is 234 g/mol. The second-order valence-electron chi connectivity index (χ2n) is 3.71. The van der Waals surface area contributed by atoms with Crippen LogP contribution in [0.5, 0.6) is 0 Å². The third kappa shape index (κ3) is 2.85. The summed E-state index contributed by atoms with van der Waals surface area (Å²) < 4.78 is 5.01. The van der Waals surface area contributed by atoms with Crippen molar-refractivity contribution in [1.29, 1.82) is 0 Å². The highest BCUT2D eigenvalue weighted by atomic mass is 16.3. The SMILES string of the molecule is OCCN(CCO)c1cc(-c2ccoc2)ncn1. The van der Waals surface area contributed by atoms with Gasteiger partial charge in [0.05, 0.1) is 31.4 Å². The lowest BCUT2D eigenvalue weighted by molar-refractivity contribution is 0.280. The lowest BCUT2D eigenvalue weighted by Crippen LogP contribution is -2.30. The zero-order valence-corrected chi connectivity index (χ0v) is 9.86. The Labute approximate surface area is 105 Å². The third-order valence-electron chi connectivity index (χ3n) is 2.53. The molecule has 0 aromatic carbocycles. The predicted molar refractivity (Wildman–Crippen MR) is 66.1 cm³/mol. The van der Waals surface area contributed by atoms with Gasteiger partial charge in [0.25, 0.3) is 0 Å². The van der Waals surface area contributed by atoms with Crippen molar-refractivity contribution in [3.05, 3.63) is 31.0 Å². The molecule has 6 nitrogen and oxygen atoms in total. The summed E-state index contributed by atoms with van der Waals surface area (Å²) in [6.45, 7) is 0.848. The first-order chi connectivity index (χ1) is 8.85. The van der Waals surface area contributed by atoms with E-state index in [2.05, 4.69) is 9.97 Å². The molecule has 0 aliphatic rings. The Kier molecular flexibility index (Phi) is 4.27. The van der Waals surface area contributed by atoms with E-state index in [1.54, 1.807) is 23.5 Å². The molecule has 18 heavy (non-hydrogen) atoms. The highest BCUT2D eigenvalue weighted by Crippen LogP contribution is 2.20. The average Bonchev–Trinajstić information content (AvgIpc) is 2.93. The number of furan rings is 1. The molecule has 2 aromatic heterocycles. The fourth-order valence-electron chi connectivity index (χ4n) is 1.67. The number of nitrogens with zero attached hydrogens (tertiary/aromatic N) is 3. The molecule has 96 valence electrons. The molecule has 2 aromatic rings. The van der Waals surface area contributed by atoms with Gasteiger partial charge in [0.2, 0.25) is 0 Å². The Balaban J connectivity index is 2.25. The molecule has 0 radical (unpaired) electrons. The quantitative estimate of drug-likeness (QED) is 0.777. The molecule has 0 aliphatic carbocycles. The summed E-state index contributed by atoms with van der Waals surface area (Å²) in [6.07, 6.45) is 4.64. The minimum atomic E-state index is 0.00501. The molecule has 0 fully saturated rings. The van der Waals surface area contributed by atoms with Gasteiger partial charge < -0.3 is 19.5 Å². The average molecular weight is 249 g/mol. The summed E-state index contributed by atoms with van der Waals surface area (Å²) in [6, 6.07) is 3.62. The van der Waals surface area contributed by atoms with Gasteiger partial charge in [-0.15, -0.1) is 0 Å². The van der Waals surface area contributed by atoms with Crippen LogP contribution in [0.2, 0.25) is 0 Å². The van der Waals surface area contributed by atoms with Gasteiger partial charge in [-0.25, -0.2) is 9.97 Å². The summed E-state index contributed by atoms with van der Waals surface area (Å²) in [4.78, 5) is 10.1. The maximum Gasteiger partial charge on any atom is 0.132 e. The molecule has 0 spiro atoms. The predicted octanol–water partition coefficient (Wildman–Crippen LogP) is 0.528. The summed E-state index contributed by atoms with van der Waals surface area (Å²) in [5.74, 6) is 0.671. The van der Waals surface area contributed by atoms with Gasteiger partial charge in [0.1, 0.15) is 12.1 Å². The number of anilines is 1. The topological polar surface area (TPSA) is 82.6 Å². The maximum absolute atomic E-state index is 9.00. The van der Waals surface area contributed by atoms with Gasteiger partial charge in [-0.2, -0.15) is 0 Å². The second-order valence-corrected chi connectivity index (χ2v) is 3.71. The highest BCUT2D eigenvalue weighted by molar-refractivity contribution is 5.61. The third-order valence-corrected chi connectivity index (χ3v) is 2.53. The number of hydrogen-bond donors (Lipinski definition) is 2. The van der Waals surface area contributed by atoms with Crippen molar-refractivity contribution in [2.75, 3.05) is 31.2 Å². The van der Waals surface area contributed by atoms with Gasteiger partial charge in [-0.3, -0.25) is 0 Å². The van der Waals surface area contributed by atoms with Crippen molar-refractivity contribution in [2.24, 2.45) is 0 Å². The largest absolute Gasteiger partial charge is 0.472 e. The molecule has 0 aliphatic heterocycles. The van der Waals surface area contributed by atoms with E-state index in [1.807, 2.05) is 6.07 Å². The van der Waals surface area contributed by atoms with Crippen LogP contribution in [0, 0.1) is 0 Å². The van der Waals surface area contributed by atoms with Crippen LogP contribution in [0.15, 0.2) is 35.4 Å². The molecule has 0 saturated carbocycles. The minimum absolute atomic E-state index is 0.00501. The lowest BCUT2D eigenvalue weighted by atomic mass is 10.2. The van der Waals surface area contributed by atoms with Crippen molar-refractivity contribution < 1.29 is 14.6 Å². The second kappa shape index (κ2) is 6.13. The molecule has 2 heterocycles. The summed E-state index contributed by atoms with van der Waals surface area (Å²) in [5, 5.41) is 18.0. The van der Waals surface area contributed by atoms with Crippen LogP contribution < -0.4 is 4.90 Å². The molecule has 2 N–H and O–H groups in total. The van der Waals surface area contributed by atoms with Gasteiger partial charge >= 0.3 is 0 Å². The van der Waals surface area contributed by atoms with E-state index in [9.17, 15) is 0 Å². The molecule has 2 rings (SSSR count). The zero-order chi connectivity index (χ0) is 12.8. The van der Waals surface area contributed by atoms with E-state index in [4.69, 9.17) is 14.6 Å². The van der Waals surface area contributed by atoms with Crippen molar-refractivity contribution in [3.63, 3.8) is 0 Å². The van der Waals surface area contributed by atoms with E-state index >= 15 is 0 Å². The number of aromatic nitrogens is 2. The molecule has 0 atom stereocenters. The van der Waals surface area contributed by atoms with Crippen molar-refractivity contribution in [1.82, 2.24) is 9.97 Å². The number of hydrogen-bond acceptors (Lipinski definition) is 6. The molecule has 6 heteroatoms.